The molecule has 0 heterocycles. The van der Waals surface area contributed by atoms with Crippen LogP contribution in [0.15, 0.2) is 0 Å². The molecule has 0 saturated heterocycles. The van der Waals surface area contributed by atoms with Gasteiger partial charge in [-0.1, -0.05) is 0 Å². The Morgan fingerprint density at radius 3 is 2.07 bits per heavy atom. The van der Waals surface area contributed by atoms with Gasteiger partial charge >= 0.3 is 6.18 Å². The average molecular weight is 234 g/mol. The summed E-state index contributed by atoms with van der Waals surface area (Å²) < 4.78 is 56.9. The van der Waals surface area contributed by atoms with Gasteiger partial charge in [0, 0.05) is 12.7 Å². The number of halogens is 3. The first-order valence-electron chi connectivity index (χ1n) is 3.97. The van der Waals surface area contributed by atoms with Gasteiger partial charge < -0.3 is 5.11 Å². The Morgan fingerprint density at radius 1 is 1.36 bits per heavy atom. The second-order valence-electron chi connectivity index (χ2n) is 3.26. The van der Waals surface area contributed by atoms with Crippen molar-refractivity contribution >= 4 is 9.84 Å². The van der Waals surface area contributed by atoms with Crippen molar-refractivity contribution in [3.8, 4) is 0 Å². The molecule has 0 saturated carbocycles. The topological polar surface area (TPSA) is 54.4 Å². The lowest BCUT2D eigenvalue weighted by Crippen LogP contribution is -2.31. The second-order valence-corrected chi connectivity index (χ2v) is 5.66. The summed E-state index contributed by atoms with van der Waals surface area (Å²) in [6.07, 6.45) is -6.70. The van der Waals surface area contributed by atoms with Crippen molar-refractivity contribution in [3.05, 3.63) is 0 Å². The summed E-state index contributed by atoms with van der Waals surface area (Å²) in [6.45, 7) is 1.19. The van der Waals surface area contributed by atoms with E-state index in [1.165, 1.54) is 6.92 Å². The third-order valence-electron chi connectivity index (χ3n) is 1.94. The molecule has 0 amide bonds. The molecule has 1 N–H and O–H groups in total. The fourth-order valence-electron chi connectivity index (χ4n) is 0.832. The number of hydrogen-bond donors (Lipinski definition) is 1. The molecule has 0 rings (SSSR count). The van der Waals surface area contributed by atoms with Crippen molar-refractivity contribution in [2.45, 2.75) is 37.3 Å². The summed E-state index contributed by atoms with van der Waals surface area (Å²) in [5.41, 5.74) is 0. The summed E-state index contributed by atoms with van der Waals surface area (Å²) in [6, 6.07) is 0. The van der Waals surface area contributed by atoms with Crippen LogP contribution in [-0.4, -0.2) is 37.3 Å². The summed E-state index contributed by atoms with van der Waals surface area (Å²) in [7, 11) is -3.49. The molecule has 0 aromatic heterocycles. The van der Waals surface area contributed by atoms with Gasteiger partial charge in [0.2, 0.25) is 0 Å². The largest absolute Gasteiger partial charge is 0.392 e. The molecule has 0 aromatic carbocycles. The predicted molar refractivity (Wildman–Crippen MR) is 45.6 cm³/mol. The van der Waals surface area contributed by atoms with E-state index < -0.39 is 40.2 Å². The van der Waals surface area contributed by atoms with Gasteiger partial charge in [0.05, 0.1) is 11.4 Å². The monoisotopic (exact) mass is 234 g/mol. The molecular formula is C7H13F3O3S. The highest BCUT2D eigenvalue weighted by Gasteiger charge is 2.31. The summed E-state index contributed by atoms with van der Waals surface area (Å²) in [4.78, 5) is 0. The normalized spacial score (nSPS) is 17.9. The van der Waals surface area contributed by atoms with Crippen LogP contribution in [0.25, 0.3) is 0 Å². The molecule has 0 aromatic rings. The molecule has 86 valence electrons. The van der Waals surface area contributed by atoms with Crippen molar-refractivity contribution in [3.63, 3.8) is 0 Å². The van der Waals surface area contributed by atoms with Crippen LogP contribution in [0.3, 0.4) is 0 Å². The van der Waals surface area contributed by atoms with E-state index in [0.29, 0.717) is 0 Å². The number of hydrogen-bond acceptors (Lipinski definition) is 3. The Hall–Kier alpha value is -0.300. The Kier molecular flexibility index (Phi) is 4.38. The van der Waals surface area contributed by atoms with Crippen LogP contribution in [-0.2, 0) is 9.84 Å². The maximum atomic E-state index is 11.7. The van der Waals surface area contributed by atoms with Crippen LogP contribution < -0.4 is 0 Å². The highest BCUT2D eigenvalue weighted by molar-refractivity contribution is 7.91. The maximum absolute atomic E-state index is 11.7. The number of aliphatic hydroxyl groups excluding tert-OH is 1. The smallest absolute Gasteiger partial charge is 0.389 e. The fourth-order valence-corrected chi connectivity index (χ4v) is 1.54. The SMILES string of the molecule is CC(C(O)CCC(F)(F)F)S(C)(=O)=O. The van der Waals surface area contributed by atoms with E-state index in [-0.39, 0.29) is 0 Å². The molecule has 0 radical (unpaired) electrons. The van der Waals surface area contributed by atoms with E-state index in [4.69, 9.17) is 5.11 Å². The molecule has 14 heavy (non-hydrogen) atoms. The van der Waals surface area contributed by atoms with E-state index in [9.17, 15) is 21.6 Å². The zero-order valence-corrected chi connectivity index (χ0v) is 8.69. The van der Waals surface area contributed by atoms with Crippen LogP contribution in [0.5, 0.6) is 0 Å². The minimum atomic E-state index is -4.36. The van der Waals surface area contributed by atoms with Gasteiger partial charge in [-0.25, -0.2) is 8.42 Å². The first-order valence-corrected chi connectivity index (χ1v) is 5.93. The van der Waals surface area contributed by atoms with Crippen LogP contribution >= 0.6 is 0 Å². The van der Waals surface area contributed by atoms with Gasteiger partial charge in [-0.3, -0.25) is 0 Å². The molecule has 0 spiro atoms. The second kappa shape index (κ2) is 4.48. The van der Waals surface area contributed by atoms with E-state index in [2.05, 4.69) is 0 Å². The third-order valence-corrected chi connectivity index (χ3v) is 3.61. The third kappa shape index (κ3) is 5.43. The Balaban J connectivity index is 4.17. The fraction of sp³-hybridized carbons (Fsp3) is 1.00. The zero-order valence-electron chi connectivity index (χ0n) is 7.87. The molecule has 2 unspecified atom stereocenters. The van der Waals surface area contributed by atoms with Gasteiger partial charge in [-0.2, -0.15) is 13.2 Å². The van der Waals surface area contributed by atoms with Crippen LogP contribution in [0.2, 0.25) is 0 Å². The molecule has 2 atom stereocenters. The van der Waals surface area contributed by atoms with Crippen molar-refractivity contribution < 1.29 is 26.7 Å². The molecule has 7 heteroatoms. The summed E-state index contributed by atoms with van der Waals surface area (Å²) in [5, 5.41) is 7.98. The van der Waals surface area contributed by atoms with Gasteiger partial charge in [0.1, 0.15) is 0 Å². The van der Waals surface area contributed by atoms with Crippen molar-refractivity contribution in [2.24, 2.45) is 0 Å². The Bertz CT molecular complexity index is 270. The lowest BCUT2D eigenvalue weighted by molar-refractivity contribution is -0.139. The van der Waals surface area contributed by atoms with Gasteiger partial charge in [-0.15, -0.1) is 0 Å². The first-order chi connectivity index (χ1) is 6.04. The lowest BCUT2D eigenvalue weighted by Gasteiger charge is -2.17. The first kappa shape index (κ1) is 13.7. The Morgan fingerprint density at radius 2 is 1.79 bits per heavy atom. The van der Waals surface area contributed by atoms with Gasteiger partial charge in [0.25, 0.3) is 0 Å². The maximum Gasteiger partial charge on any atom is 0.389 e. The Labute approximate surface area is 80.8 Å². The van der Waals surface area contributed by atoms with Gasteiger partial charge in [-0.05, 0) is 13.3 Å². The minimum Gasteiger partial charge on any atom is -0.392 e. The molecule has 0 aliphatic rings. The standard InChI is InChI=1S/C7H13F3O3S/c1-5(14(2,12)13)6(11)3-4-7(8,9)10/h5-6,11H,3-4H2,1-2H3. The van der Waals surface area contributed by atoms with E-state index in [1.807, 2.05) is 0 Å². The number of rotatable bonds is 4. The van der Waals surface area contributed by atoms with E-state index in [1.54, 1.807) is 0 Å². The molecule has 3 nitrogen and oxygen atoms in total. The van der Waals surface area contributed by atoms with Crippen LogP contribution in [0, 0.1) is 0 Å². The number of alkyl halides is 3. The highest BCUT2D eigenvalue weighted by atomic mass is 32.2. The van der Waals surface area contributed by atoms with Crippen molar-refractivity contribution in [1.29, 1.82) is 0 Å². The average Bonchev–Trinajstić information content (AvgIpc) is 1.95. The van der Waals surface area contributed by atoms with Gasteiger partial charge in [0.15, 0.2) is 9.84 Å². The van der Waals surface area contributed by atoms with Crippen LogP contribution in [0.1, 0.15) is 19.8 Å². The highest BCUT2D eigenvalue weighted by Crippen LogP contribution is 2.23. The lowest BCUT2D eigenvalue weighted by atomic mass is 10.1. The number of sulfone groups is 1. The van der Waals surface area contributed by atoms with Crippen LogP contribution in [0.4, 0.5) is 13.2 Å². The molecule has 0 bridgehead atoms. The molecule has 0 aliphatic carbocycles. The summed E-state index contributed by atoms with van der Waals surface area (Å²) >= 11 is 0. The predicted octanol–water partition coefficient (Wildman–Crippen LogP) is 1.12. The quantitative estimate of drug-likeness (QED) is 0.793. The van der Waals surface area contributed by atoms with Crippen molar-refractivity contribution in [2.75, 3.05) is 6.26 Å². The molecular weight excluding hydrogens is 221 g/mol. The minimum absolute atomic E-state index is 0.586. The van der Waals surface area contributed by atoms with E-state index >= 15 is 0 Å². The molecule has 0 aliphatic heterocycles. The molecule has 0 fully saturated rings. The number of aliphatic hydroxyl groups is 1. The van der Waals surface area contributed by atoms with Crippen molar-refractivity contribution in [1.82, 2.24) is 0 Å². The zero-order chi connectivity index (χ0) is 11.6. The van der Waals surface area contributed by atoms with E-state index in [0.717, 1.165) is 6.26 Å². The summed E-state index contributed by atoms with van der Waals surface area (Å²) in [5.74, 6) is 0.